The molecule has 1 heterocycles. The predicted molar refractivity (Wildman–Crippen MR) is 139 cm³/mol. The van der Waals surface area contributed by atoms with Gasteiger partial charge in [0.2, 0.25) is 0 Å². The van der Waals surface area contributed by atoms with Gasteiger partial charge in [0.05, 0.1) is 16.3 Å². The molecule has 1 aliphatic carbocycles. The SMILES string of the molecule is CC(C)(C)OC(=O)NCC1CCN(c2cc(NC3CC3)c(C(=O)NNC(=O)OC(C)(C)C)cc2Cl)C1. The molecule has 1 atom stereocenters. The lowest BCUT2D eigenvalue weighted by atomic mass is 10.1. The molecule has 1 unspecified atom stereocenters. The molecule has 0 spiro atoms. The van der Waals surface area contributed by atoms with Crippen LogP contribution in [0.5, 0.6) is 0 Å². The normalized spacial score (nSPS) is 17.9. The molecule has 1 saturated carbocycles. The van der Waals surface area contributed by atoms with E-state index >= 15 is 0 Å². The number of hydrazine groups is 1. The van der Waals surface area contributed by atoms with Crippen LogP contribution in [0.2, 0.25) is 5.02 Å². The molecule has 1 aliphatic heterocycles. The number of benzene rings is 1. The van der Waals surface area contributed by atoms with Crippen LogP contribution in [0.1, 0.15) is 71.2 Å². The maximum absolute atomic E-state index is 12.9. The Labute approximate surface area is 217 Å². The van der Waals surface area contributed by atoms with Gasteiger partial charge in [0.15, 0.2) is 0 Å². The van der Waals surface area contributed by atoms with Crippen molar-refractivity contribution < 1.29 is 23.9 Å². The monoisotopic (exact) mass is 523 g/mol. The molecular formula is C25H38ClN5O5. The molecule has 0 aromatic heterocycles. The second kappa shape index (κ2) is 11.0. The summed E-state index contributed by atoms with van der Waals surface area (Å²) in [6.45, 7) is 12.7. The second-order valence-corrected chi connectivity index (χ2v) is 11.7. The van der Waals surface area contributed by atoms with Crippen molar-refractivity contribution >= 4 is 41.1 Å². The van der Waals surface area contributed by atoms with Crippen LogP contribution in [0.4, 0.5) is 21.0 Å². The highest BCUT2D eigenvalue weighted by Crippen LogP contribution is 2.37. The van der Waals surface area contributed by atoms with E-state index < -0.39 is 29.3 Å². The molecule has 3 amide bonds. The lowest BCUT2D eigenvalue weighted by molar-refractivity contribution is 0.0481. The van der Waals surface area contributed by atoms with Gasteiger partial charge in [0, 0.05) is 31.4 Å². The van der Waals surface area contributed by atoms with E-state index in [-0.39, 0.29) is 5.92 Å². The number of halogens is 1. The van der Waals surface area contributed by atoms with E-state index in [4.69, 9.17) is 21.1 Å². The Bertz CT molecular complexity index is 984. The van der Waals surface area contributed by atoms with Gasteiger partial charge in [-0.25, -0.2) is 15.0 Å². The van der Waals surface area contributed by atoms with Crippen molar-refractivity contribution in [3.8, 4) is 0 Å². The van der Waals surface area contributed by atoms with Crippen LogP contribution < -0.4 is 26.4 Å². The van der Waals surface area contributed by atoms with Crippen molar-refractivity contribution in [1.29, 1.82) is 0 Å². The molecule has 0 bridgehead atoms. The summed E-state index contributed by atoms with van der Waals surface area (Å²) in [7, 11) is 0. The maximum Gasteiger partial charge on any atom is 0.426 e. The number of ether oxygens (including phenoxy) is 2. The van der Waals surface area contributed by atoms with Crippen molar-refractivity contribution in [3.05, 3.63) is 22.7 Å². The first-order chi connectivity index (χ1) is 16.7. The number of hydrogen-bond donors (Lipinski definition) is 4. The number of alkyl carbamates (subject to hydrolysis) is 1. The average molecular weight is 524 g/mol. The number of carbonyl (C=O) groups is 3. The highest BCUT2D eigenvalue weighted by Gasteiger charge is 2.29. The number of carbonyl (C=O) groups excluding carboxylic acids is 3. The van der Waals surface area contributed by atoms with Gasteiger partial charge in [-0.2, -0.15) is 0 Å². The first-order valence-electron chi connectivity index (χ1n) is 12.3. The lowest BCUT2D eigenvalue weighted by Gasteiger charge is -2.24. The van der Waals surface area contributed by atoms with Gasteiger partial charge in [-0.15, -0.1) is 0 Å². The summed E-state index contributed by atoms with van der Waals surface area (Å²) in [6, 6.07) is 3.79. The lowest BCUT2D eigenvalue weighted by Crippen LogP contribution is -2.44. The minimum atomic E-state index is -0.752. The van der Waals surface area contributed by atoms with E-state index in [2.05, 4.69) is 26.4 Å². The van der Waals surface area contributed by atoms with Crippen LogP contribution in [0, 0.1) is 5.92 Å². The zero-order valence-corrected chi connectivity index (χ0v) is 22.7. The summed E-state index contributed by atoms with van der Waals surface area (Å²) < 4.78 is 10.5. The van der Waals surface area contributed by atoms with Crippen LogP contribution in [0.3, 0.4) is 0 Å². The fourth-order valence-corrected chi connectivity index (χ4v) is 4.08. The van der Waals surface area contributed by atoms with E-state index in [1.807, 2.05) is 26.8 Å². The fraction of sp³-hybridized carbons (Fsp3) is 0.640. The van der Waals surface area contributed by atoms with Crippen molar-refractivity contribution in [1.82, 2.24) is 16.2 Å². The summed E-state index contributed by atoms with van der Waals surface area (Å²) in [5.74, 6) is -0.257. The van der Waals surface area contributed by atoms with E-state index in [1.54, 1.807) is 26.8 Å². The van der Waals surface area contributed by atoms with Crippen LogP contribution >= 0.6 is 11.6 Å². The molecule has 200 valence electrons. The molecule has 1 saturated heterocycles. The Hall–Kier alpha value is -2.88. The molecule has 0 radical (unpaired) electrons. The van der Waals surface area contributed by atoms with Gasteiger partial charge in [-0.3, -0.25) is 10.2 Å². The minimum absolute atomic E-state index is 0.245. The van der Waals surface area contributed by atoms with Crippen molar-refractivity contribution in [2.45, 2.75) is 78.0 Å². The van der Waals surface area contributed by atoms with Crippen molar-refractivity contribution in [3.63, 3.8) is 0 Å². The topological polar surface area (TPSA) is 121 Å². The molecule has 11 heteroatoms. The molecule has 2 fully saturated rings. The van der Waals surface area contributed by atoms with Gasteiger partial charge >= 0.3 is 12.2 Å². The summed E-state index contributed by atoms with van der Waals surface area (Å²) in [6.07, 6.45) is 1.76. The van der Waals surface area contributed by atoms with E-state index in [0.717, 1.165) is 31.5 Å². The van der Waals surface area contributed by atoms with Gasteiger partial charge in [-0.1, -0.05) is 11.6 Å². The number of anilines is 2. The quantitative estimate of drug-likeness (QED) is 0.407. The van der Waals surface area contributed by atoms with Crippen LogP contribution in [0.15, 0.2) is 12.1 Å². The Kier molecular flexibility index (Phi) is 8.48. The van der Waals surface area contributed by atoms with Crippen LogP contribution in [-0.2, 0) is 9.47 Å². The maximum atomic E-state index is 12.9. The Morgan fingerprint density at radius 3 is 2.22 bits per heavy atom. The van der Waals surface area contributed by atoms with E-state index in [9.17, 15) is 14.4 Å². The molecule has 36 heavy (non-hydrogen) atoms. The third-order valence-electron chi connectivity index (χ3n) is 5.51. The predicted octanol–water partition coefficient (Wildman–Crippen LogP) is 4.43. The standard InChI is InChI=1S/C25H38ClN5O5/c1-24(2,3)35-22(33)27-13-15-9-10-31(14-15)20-12-19(28-16-7-8-16)17(11-18(20)26)21(32)29-30-23(34)36-25(4,5)6/h11-12,15-16,28H,7-10,13-14H2,1-6H3,(H,27,33)(H,29,32)(H,30,34). The van der Waals surface area contributed by atoms with Crippen LogP contribution in [-0.4, -0.2) is 55.0 Å². The zero-order valence-electron chi connectivity index (χ0n) is 21.9. The third-order valence-corrected chi connectivity index (χ3v) is 5.81. The van der Waals surface area contributed by atoms with Crippen LogP contribution in [0.25, 0.3) is 0 Å². The van der Waals surface area contributed by atoms with E-state index in [1.165, 1.54) is 0 Å². The first-order valence-corrected chi connectivity index (χ1v) is 12.7. The average Bonchev–Trinajstić information content (AvgIpc) is 3.43. The zero-order chi connectivity index (χ0) is 26.7. The fourth-order valence-electron chi connectivity index (χ4n) is 3.80. The Balaban J connectivity index is 1.65. The smallest absolute Gasteiger partial charge is 0.426 e. The van der Waals surface area contributed by atoms with Gasteiger partial charge in [0.1, 0.15) is 11.2 Å². The van der Waals surface area contributed by atoms with Gasteiger partial charge in [0.25, 0.3) is 5.91 Å². The van der Waals surface area contributed by atoms with Crippen molar-refractivity contribution in [2.75, 3.05) is 29.9 Å². The molecular weight excluding hydrogens is 486 g/mol. The molecule has 1 aromatic carbocycles. The number of hydrogen-bond acceptors (Lipinski definition) is 7. The summed E-state index contributed by atoms with van der Waals surface area (Å²) in [5.41, 5.74) is 5.24. The van der Waals surface area contributed by atoms with Gasteiger partial charge < -0.3 is 25.0 Å². The number of amides is 3. The Morgan fingerprint density at radius 2 is 1.61 bits per heavy atom. The minimum Gasteiger partial charge on any atom is -0.444 e. The van der Waals surface area contributed by atoms with Gasteiger partial charge in [-0.05, 0) is 78.9 Å². The first kappa shape index (κ1) is 27.7. The molecule has 10 nitrogen and oxygen atoms in total. The third kappa shape index (κ3) is 8.65. The van der Waals surface area contributed by atoms with E-state index in [0.29, 0.717) is 35.4 Å². The highest BCUT2D eigenvalue weighted by molar-refractivity contribution is 6.34. The highest BCUT2D eigenvalue weighted by atomic mass is 35.5. The molecule has 1 aromatic rings. The number of rotatable bonds is 6. The molecule has 2 aliphatic rings. The van der Waals surface area contributed by atoms with Crippen molar-refractivity contribution in [2.24, 2.45) is 5.92 Å². The largest absolute Gasteiger partial charge is 0.444 e. The molecule has 4 N–H and O–H groups in total. The number of nitrogens with one attached hydrogen (secondary N) is 4. The summed E-state index contributed by atoms with van der Waals surface area (Å²) in [5, 5.41) is 6.67. The summed E-state index contributed by atoms with van der Waals surface area (Å²) >= 11 is 6.62. The molecule has 3 rings (SSSR count). The second-order valence-electron chi connectivity index (χ2n) is 11.3. The summed E-state index contributed by atoms with van der Waals surface area (Å²) in [4.78, 5) is 38.9. The number of nitrogens with zero attached hydrogens (tertiary/aromatic N) is 1. The Morgan fingerprint density at radius 1 is 0.972 bits per heavy atom.